The van der Waals surface area contributed by atoms with E-state index in [4.69, 9.17) is 5.73 Å². The Bertz CT molecular complexity index is 404. The molecule has 1 heterocycles. The average Bonchev–Trinajstić information content (AvgIpc) is 2.26. The van der Waals surface area contributed by atoms with Crippen molar-refractivity contribution in [3.63, 3.8) is 0 Å². The van der Waals surface area contributed by atoms with Crippen molar-refractivity contribution < 1.29 is 5.11 Å². The summed E-state index contributed by atoms with van der Waals surface area (Å²) in [5.74, 6) is 0. The van der Waals surface area contributed by atoms with E-state index in [0.29, 0.717) is 0 Å². The van der Waals surface area contributed by atoms with Crippen molar-refractivity contribution in [3.05, 3.63) is 30.1 Å². The molecule has 1 fully saturated rings. The molecule has 3 unspecified atom stereocenters. The number of hydrogen-bond acceptors (Lipinski definition) is 3. The predicted molar refractivity (Wildman–Crippen MR) is 72.9 cm³/mol. The second-order valence-corrected chi connectivity index (χ2v) is 6.79. The van der Waals surface area contributed by atoms with E-state index in [2.05, 4.69) is 25.8 Å². The van der Waals surface area contributed by atoms with Crippen LogP contribution in [0.2, 0.25) is 0 Å². The first-order valence-electron chi connectivity index (χ1n) is 6.67. The topological polar surface area (TPSA) is 59.1 Å². The molecule has 2 rings (SSSR count). The van der Waals surface area contributed by atoms with Gasteiger partial charge in [-0.3, -0.25) is 4.98 Å². The molecule has 3 nitrogen and oxygen atoms in total. The lowest BCUT2D eigenvalue weighted by Gasteiger charge is -2.47. The Kier molecular flexibility index (Phi) is 3.47. The fourth-order valence-corrected chi connectivity index (χ4v) is 3.64. The van der Waals surface area contributed by atoms with Gasteiger partial charge < -0.3 is 10.8 Å². The molecule has 3 N–H and O–H groups in total. The first kappa shape index (κ1) is 13.5. The van der Waals surface area contributed by atoms with Gasteiger partial charge in [0.2, 0.25) is 0 Å². The lowest BCUT2D eigenvalue weighted by atomic mass is 9.60. The van der Waals surface area contributed by atoms with E-state index in [1.807, 2.05) is 18.2 Å². The van der Waals surface area contributed by atoms with Crippen LogP contribution in [0.1, 0.15) is 51.8 Å². The van der Waals surface area contributed by atoms with Gasteiger partial charge in [-0.2, -0.15) is 0 Å². The smallest absolute Gasteiger partial charge is 0.0576 e. The number of aromatic nitrogens is 1. The summed E-state index contributed by atoms with van der Waals surface area (Å²) in [7, 11) is 0. The summed E-state index contributed by atoms with van der Waals surface area (Å²) < 4.78 is 0. The SMILES string of the molecule is CC1(C)CC(O)CC(C)(C(N)c2ccccn2)C1. The van der Waals surface area contributed by atoms with E-state index in [1.54, 1.807) is 6.20 Å². The zero-order valence-corrected chi connectivity index (χ0v) is 11.6. The third-order valence-corrected chi connectivity index (χ3v) is 4.13. The maximum absolute atomic E-state index is 10.1. The van der Waals surface area contributed by atoms with Gasteiger partial charge in [-0.1, -0.05) is 26.8 Å². The van der Waals surface area contributed by atoms with Crippen LogP contribution in [0.3, 0.4) is 0 Å². The van der Waals surface area contributed by atoms with Gasteiger partial charge >= 0.3 is 0 Å². The van der Waals surface area contributed by atoms with Crippen molar-refractivity contribution in [2.45, 2.75) is 52.2 Å². The van der Waals surface area contributed by atoms with E-state index in [-0.39, 0.29) is 23.0 Å². The molecular weight excluding hydrogens is 224 g/mol. The molecule has 0 aromatic carbocycles. The van der Waals surface area contributed by atoms with Crippen molar-refractivity contribution in [2.75, 3.05) is 0 Å². The highest BCUT2D eigenvalue weighted by molar-refractivity contribution is 5.13. The van der Waals surface area contributed by atoms with Gasteiger partial charge in [0.15, 0.2) is 0 Å². The molecule has 1 aliphatic rings. The number of aliphatic hydroxyl groups excluding tert-OH is 1. The second kappa shape index (κ2) is 4.63. The molecule has 100 valence electrons. The van der Waals surface area contributed by atoms with Crippen LogP contribution in [0.25, 0.3) is 0 Å². The lowest BCUT2D eigenvalue weighted by molar-refractivity contribution is -0.0224. The van der Waals surface area contributed by atoms with E-state index >= 15 is 0 Å². The Morgan fingerprint density at radius 3 is 2.61 bits per heavy atom. The summed E-state index contributed by atoms with van der Waals surface area (Å²) in [6.45, 7) is 6.59. The molecule has 0 spiro atoms. The van der Waals surface area contributed by atoms with Crippen LogP contribution in [0, 0.1) is 10.8 Å². The quantitative estimate of drug-likeness (QED) is 0.846. The Morgan fingerprint density at radius 1 is 1.33 bits per heavy atom. The van der Waals surface area contributed by atoms with Gasteiger partial charge in [0.25, 0.3) is 0 Å². The summed E-state index contributed by atoms with van der Waals surface area (Å²) in [5.41, 5.74) is 7.38. The number of nitrogens with zero attached hydrogens (tertiary/aromatic N) is 1. The predicted octanol–water partition coefficient (Wildman–Crippen LogP) is 2.66. The first-order chi connectivity index (χ1) is 8.32. The van der Waals surface area contributed by atoms with Gasteiger partial charge in [-0.05, 0) is 42.2 Å². The Labute approximate surface area is 109 Å². The second-order valence-electron chi connectivity index (χ2n) is 6.79. The average molecular weight is 248 g/mol. The molecule has 3 atom stereocenters. The Hall–Kier alpha value is -0.930. The molecular formula is C15H24N2O. The summed E-state index contributed by atoms with van der Waals surface area (Å²) >= 11 is 0. The number of nitrogens with two attached hydrogens (primary N) is 1. The van der Waals surface area contributed by atoms with Crippen LogP contribution in [0.5, 0.6) is 0 Å². The molecule has 0 bridgehead atoms. The molecule has 1 saturated carbocycles. The Morgan fingerprint density at radius 2 is 2.06 bits per heavy atom. The largest absolute Gasteiger partial charge is 0.393 e. The number of hydrogen-bond donors (Lipinski definition) is 2. The molecule has 0 aliphatic heterocycles. The fraction of sp³-hybridized carbons (Fsp3) is 0.667. The van der Waals surface area contributed by atoms with Gasteiger partial charge in [-0.25, -0.2) is 0 Å². The molecule has 0 amide bonds. The number of aliphatic hydroxyl groups is 1. The minimum atomic E-state index is -0.256. The van der Waals surface area contributed by atoms with Crippen molar-refractivity contribution in [1.29, 1.82) is 0 Å². The maximum Gasteiger partial charge on any atom is 0.0576 e. The van der Waals surface area contributed by atoms with Gasteiger partial charge in [0, 0.05) is 6.20 Å². The highest BCUT2D eigenvalue weighted by atomic mass is 16.3. The van der Waals surface area contributed by atoms with E-state index in [9.17, 15) is 5.11 Å². The number of pyridine rings is 1. The standard InChI is InChI=1S/C15H24N2O/c1-14(2)8-11(18)9-15(3,10-14)13(16)12-6-4-5-7-17-12/h4-7,11,13,18H,8-10,16H2,1-3H3. The Balaban J connectivity index is 2.25. The molecule has 3 heteroatoms. The van der Waals surface area contributed by atoms with Crippen LogP contribution in [-0.2, 0) is 0 Å². The molecule has 1 aromatic rings. The first-order valence-corrected chi connectivity index (χ1v) is 6.67. The molecule has 1 aromatic heterocycles. The van der Waals surface area contributed by atoms with Crippen molar-refractivity contribution in [1.82, 2.24) is 4.98 Å². The van der Waals surface area contributed by atoms with Crippen LogP contribution in [0.4, 0.5) is 0 Å². The van der Waals surface area contributed by atoms with Gasteiger partial charge in [0.05, 0.1) is 17.8 Å². The van der Waals surface area contributed by atoms with Crippen LogP contribution in [-0.4, -0.2) is 16.2 Å². The molecule has 0 saturated heterocycles. The van der Waals surface area contributed by atoms with Crippen molar-refractivity contribution in [2.24, 2.45) is 16.6 Å². The van der Waals surface area contributed by atoms with Crippen molar-refractivity contribution in [3.8, 4) is 0 Å². The van der Waals surface area contributed by atoms with E-state index in [0.717, 1.165) is 25.0 Å². The van der Waals surface area contributed by atoms with Crippen LogP contribution < -0.4 is 5.73 Å². The summed E-state index contributed by atoms with van der Waals surface area (Å²) in [6, 6.07) is 5.73. The highest BCUT2D eigenvalue weighted by Crippen LogP contribution is 2.51. The monoisotopic (exact) mass is 248 g/mol. The van der Waals surface area contributed by atoms with Crippen molar-refractivity contribution >= 4 is 0 Å². The van der Waals surface area contributed by atoms with Crippen LogP contribution in [0.15, 0.2) is 24.4 Å². The normalized spacial score (nSPS) is 33.1. The maximum atomic E-state index is 10.1. The third-order valence-electron chi connectivity index (χ3n) is 4.13. The van der Waals surface area contributed by atoms with Crippen LogP contribution >= 0.6 is 0 Å². The molecule has 1 aliphatic carbocycles. The summed E-state index contributed by atoms with van der Waals surface area (Å²) in [4.78, 5) is 4.37. The zero-order valence-electron chi connectivity index (χ0n) is 11.6. The summed E-state index contributed by atoms with van der Waals surface area (Å²) in [5, 5.41) is 10.1. The highest BCUT2D eigenvalue weighted by Gasteiger charge is 2.44. The summed E-state index contributed by atoms with van der Waals surface area (Å²) in [6.07, 6.45) is 4.16. The third kappa shape index (κ3) is 2.73. The van der Waals surface area contributed by atoms with Gasteiger partial charge in [0.1, 0.15) is 0 Å². The zero-order chi connectivity index (χ0) is 13.4. The molecule has 0 radical (unpaired) electrons. The van der Waals surface area contributed by atoms with Gasteiger partial charge in [-0.15, -0.1) is 0 Å². The van der Waals surface area contributed by atoms with E-state index in [1.165, 1.54) is 0 Å². The number of rotatable bonds is 2. The fourth-order valence-electron chi connectivity index (χ4n) is 3.64. The minimum absolute atomic E-state index is 0.0878. The molecule has 18 heavy (non-hydrogen) atoms. The lowest BCUT2D eigenvalue weighted by Crippen LogP contribution is -2.44. The minimum Gasteiger partial charge on any atom is -0.393 e. The van der Waals surface area contributed by atoms with E-state index < -0.39 is 0 Å².